The second-order valence-corrected chi connectivity index (χ2v) is 10.8. The molecule has 1 heterocycles. The Morgan fingerprint density at radius 1 is 1.09 bits per heavy atom. The monoisotopic (exact) mass is 484 g/mol. The average molecular weight is 485 g/mol. The summed E-state index contributed by atoms with van der Waals surface area (Å²) in [4.78, 5) is 25.0. The lowest BCUT2D eigenvalue weighted by atomic mass is 9.98. The van der Waals surface area contributed by atoms with Crippen LogP contribution in [0.4, 0.5) is 9.59 Å². The van der Waals surface area contributed by atoms with Gasteiger partial charge >= 0.3 is 12.2 Å². The van der Waals surface area contributed by atoms with Gasteiger partial charge in [-0.15, -0.1) is 0 Å². The summed E-state index contributed by atoms with van der Waals surface area (Å²) in [6, 6.07) is -2.37. The van der Waals surface area contributed by atoms with E-state index >= 15 is 0 Å². The van der Waals surface area contributed by atoms with Gasteiger partial charge in [0, 0.05) is 8.22 Å². The van der Waals surface area contributed by atoms with Gasteiger partial charge in [-0.3, -0.25) is 4.90 Å². The molecular formula is C23H46N2O8. The summed E-state index contributed by atoms with van der Waals surface area (Å²) in [5, 5.41) is 31.5. The first-order chi connectivity index (χ1) is 16.9. The van der Waals surface area contributed by atoms with E-state index in [1.807, 2.05) is 0 Å². The summed E-state index contributed by atoms with van der Waals surface area (Å²) in [6.07, 6.45) is -1.61. The topological polar surface area (TPSA) is 138 Å². The van der Waals surface area contributed by atoms with Crippen molar-refractivity contribution in [3.8, 4) is 0 Å². The highest BCUT2D eigenvalue weighted by molar-refractivity contribution is 5.70. The van der Waals surface area contributed by atoms with Gasteiger partial charge in [0.25, 0.3) is 0 Å². The number of alkyl carbamates (subject to hydrolysis) is 1. The molecule has 1 saturated heterocycles. The quantitative estimate of drug-likeness (QED) is 0.478. The molecule has 196 valence electrons. The highest BCUT2D eigenvalue weighted by Gasteiger charge is 2.50. The third-order valence-electron chi connectivity index (χ3n) is 4.28. The first kappa shape index (κ1) is 21.9. The molecule has 1 aliphatic heterocycles. The second kappa shape index (κ2) is 10.8. The fourth-order valence-electron chi connectivity index (χ4n) is 2.69. The largest absolute Gasteiger partial charge is 0.444 e. The van der Waals surface area contributed by atoms with Gasteiger partial charge in [0.1, 0.15) is 16.9 Å². The molecule has 0 aliphatic carbocycles. The molecular weight excluding hydrogens is 432 g/mol. The maximum Gasteiger partial charge on any atom is 0.413 e. The number of nitrogens with zero attached hydrogens (tertiary/aromatic N) is 1. The highest BCUT2D eigenvalue weighted by atomic mass is 16.6. The van der Waals surface area contributed by atoms with Crippen molar-refractivity contribution in [1.29, 1.82) is 0 Å². The SMILES string of the molecule is [2H]C([2H])([2H])[C@@](C)(O)[C@@H](CO)NC(=O)OC(C)(C)C.[2H]C([2H])([2H])[C@@](C)(O)[C@H]1COC(C)(C)N1C(=O)OC(C)(C)C. The van der Waals surface area contributed by atoms with Crippen LogP contribution in [0.3, 0.4) is 0 Å². The third-order valence-corrected chi connectivity index (χ3v) is 4.28. The summed E-state index contributed by atoms with van der Waals surface area (Å²) >= 11 is 0. The van der Waals surface area contributed by atoms with E-state index in [-0.39, 0.29) is 6.61 Å². The Morgan fingerprint density at radius 3 is 2.00 bits per heavy atom. The van der Waals surface area contributed by atoms with E-state index in [1.54, 1.807) is 55.4 Å². The van der Waals surface area contributed by atoms with E-state index in [1.165, 1.54) is 11.8 Å². The number of aliphatic hydroxyl groups is 3. The Kier molecular flexibility index (Phi) is 7.13. The van der Waals surface area contributed by atoms with Crippen LogP contribution in [-0.2, 0) is 14.2 Å². The minimum Gasteiger partial charge on any atom is -0.444 e. The zero-order valence-electron chi connectivity index (χ0n) is 27.4. The van der Waals surface area contributed by atoms with Gasteiger partial charge in [0.15, 0.2) is 0 Å². The van der Waals surface area contributed by atoms with Crippen LogP contribution in [0.1, 0.15) is 91.2 Å². The minimum absolute atomic E-state index is 0.0718. The van der Waals surface area contributed by atoms with E-state index in [2.05, 4.69) is 5.32 Å². The molecule has 1 rings (SSSR count). The molecule has 1 aliphatic rings. The third kappa shape index (κ3) is 11.4. The molecule has 0 radical (unpaired) electrons. The van der Waals surface area contributed by atoms with Crippen LogP contribution in [0.2, 0.25) is 0 Å². The summed E-state index contributed by atoms with van der Waals surface area (Å²) in [5.74, 6) is 0. The predicted octanol–water partition coefficient (Wildman–Crippen LogP) is 2.77. The zero-order valence-corrected chi connectivity index (χ0v) is 21.4. The molecule has 0 aromatic rings. The van der Waals surface area contributed by atoms with Crippen molar-refractivity contribution in [3.63, 3.8) is 0 Å². The fourth-order valence-corrected chi connectivity index (χ4v) is 2.69. The predicted molar refractivity (Wildman–Crippen MR) is 125 cm³/mol. The molecule has 10 heteroatoms. The molecule has 33 heavy (non-hydrogen) atoms. The fraction of sp³-hybridized carbons (Fsp3) is 0.913. The first-order valence-electron chi connectivity index (χ1n) is 13.6. The van der Waals surface area contributed by atoms with Crippen molar-refractivity contribution in [1.82, 2.24) is 10.2 Å². The number of aliphatic hydroxyl groups excluding tert-OH is 1. The molecule has 10 nitrogen and oxygen atoms in total. The van der Waals surface area contributed by atoms with Crippen molar-refractivity contribution in [2.24, 2.45) is 0 Å². The van der Waals surface area contributed by atoms with Crippen LogP contribution < -0.4 is 5.32 Å². The Morgan fingerprint density at radius 2 is 1.61 bits per heavy atom. The number of carbonyl (C=O) groups is 2. The standard InChI is InChI=1S/C13H25NO4.C10H21NO4/c1-11(2,3)18-10(15)14-9(12(4,5)16)8-17-13(14,6)7;1-9(2,3)15-8(13)11-7(6-12)10(4,5)14/h9,16H,8H2,1-7H3;7,12,14H,6H2,1-5H3,(H,11,13)/t9-;7-/m11/s1/i2*4D3/t9-,12+;7-,10+. The number of hydrogen-bond acceptors (Lipinski definition) is 8. The van der Waals surface area contributed by atoms with E-state index in [9.17, 15) is 19.8 Å². The maximum absolute atomic E-state index is 12.4. The van der Waals surface area contributed by atoms with Crippen LogP contribution in [0.25, 0.3) is 0 Å². The molecule has 1 fully saturated rings. The van der Waals surface area contributed by atoms with Gasteiger partial charge in [0.2, 0.25) is 0 Å². The van der Waals surface area contributed by atoms with E-state index < -0.39 is 72.7 Å². The molecule has 2 amide bonds. The Labute approximate surface area is 207 Å². The summed E-state index contributed by atoms with van der Waals surface area (Å²) in [6.45, 7) is 9.36. The molecule has 0 spiro atoms. The summed E-state index contributed by atoms with van der Waals surface area (Å²) in [7, 11) is 0. The van der Waals surface area contributed by atoms with Crippen molar-refractivity contribution < 1.29 is 47.3 Å². The van der Waals surface area contributed by atoms with E-state index in [4.69, 9.17) is 27.5 Å². The van der Waals surface area contributed by atoms with E-state index in [0.717, 1.165) is 6.92 Å². The molecule has 0 bridgehead atoms. The number of rotatable bonds is 4. The van der Waals surface area contributed by atoms with Crippen LogP contribution in [0, 0.1) is 0 Å². The van der Waals surface area contributed by atoms with Crippen molar-refractivity contribution in [2.45, 2.75) is 123 Å². The summed E-state index contributed by atoms with van der Waals surface area (Å²) < 4.78 is 59.7. The van der Waals surface area contributed by atoms with Gasteiger partial charge < -0.3 is 34.8 Å². The number of ether oxygens (including phenoxy) is 3. The van der Waals surface area contributed by atoms with Crippen molar-refractivity contribution in [2.75, 3.05) is 13.2 Å². The van der Waals surface area contributed by atoms with Crippen LogP contribution in [0.5, 0.6) is 0 Å². The van der Waals surface area contributed by atoms with Crippen molar-refractivity contribution in [3.05, 3.63) is 0 Å². The lowest BCUT2D eigenvalue weighted by molar-refractivity contribution is -0.0757. The number of hydrogen-bond donors (Lipinski definition) is 4. The molecule has 4 N–H and O–H groups in total. The van der Waals surface area contributed by atoms with Gasteiger partial charge in [-0.1, -0.05) is 0 Å². The second-order valence-electron chi connectivity index (χ2n) is 10.8. The molecule has 0 unspecified atom stereocenters. The Bertz CT molecular complexity index is 846. The van der Waals surface area contributed by atoms with E-state index in [0.29, 0.717) is 0 Å². The molecule has 0 aromatic heterocycles. The van der Waals surface area contributed by atoms with Gasteiger partial charge in [-0.2, -0.15) is 0 Å². The number of nitrogens with one attached hydrogen (secondary N) is 1. The zero-order chi connectivity index (χ0) is 31.6. The normalized spacial score (nSPS) is 26.2. The summed E-state index contributed by atoms with van der Waals surface area (Å²) in [5.41, 5.74) is -6.89. The Hall–Kier alpha value is -1.62. The average Bonchev–Trinajstić information content (AvgIpc) is 2.97. The van der Waals surface area contributed by atoms with Crippen molar-refractivity contribution >= 4 is 12.2 Å². The molecule has 4 atom stereocenters. The van der Waals surface area contributed by atoms with Crippen LogP contribution in [0.15, 0.2) is 0 Å². The molecule has 0 saturated carbocycles. The first-order valence-corrected chi connectivity index (χ1v) is 10.6. The molecule has 0 aromatic carbocycles. The Balaban J connectivity index is 0.000000751. The van der Waals surface area contributed by atoms with Gasteiger partial charge in [0.05, 0.1) is 36.5 Å². The van der Waals surface area contributed by atoms with Crippen LogP contribution >= 0.6 is 0 Å². The lowest BCUT2D eigenvalue weighted by Crippen LogP contribution is -2.56. The smallest absolute Gasteiger partial charge is 0.413 e. The lowest BCUT2D eigenvalue weighted by Gasteiger charge is -2.38. The minimum atomic E-state index is -2.74. The highest BCUT2D eigenvalue weighted by Crippen LogP contribution is 2.34. The van der Waals surface area contributed by atoms with Crippen LogP contribution in [-0.4, -0.2) is 85.8 Å². The maximum atomic E-state index is 12.4. The number of amides is 2. The number of carbonyl (C=O) groups excluding carboxylic acids is 2. The van der Waals surface area contributed by atoms with Gasteiger partial charge in [-0.25, -0.2) is 9.59 Å². The van der Waals surface area contributed by atoms with Gasteiger partial charge in [-0.05, 0) is 82.9 Å².